The Kier molecular flexibility index (Phi) is 5.54. The molecule has 1 amide bonds. The molecule has 6 heteroatoms. The van der Waals surface area contributed by atoms with Crippen LogP contribution in [0.4, 0.5) is 15.8 Å². The van der Waals surface area contributed by atoms with Crippen LogP contribution in [0.3, 0.4) is 0 Å². The standard InChI is InChI=1S/C12H18FN3O2/c1-16(5-2-6-17)8-12(18)15-11-4-3-9(13)7-10(11)14/h3-4,7,17H,2,5-6,8,14H2,1H3,(H,15,18). The number of nitrogens with two attached hydrogens (primary N) is 1. The van der Waals surface area contributed by atoms with E-state index >= 15 is 0 Å². The van der Waals surface area contributed by atoms with Crippen LogP contribution in [0.15, 0.2) is 18.2 Å². The Morgan fingerprint density at radius 1 is 1.56 bits per heavy atom. The predicted molar refractivity (Wildman–Crippen MR) is 68.6 cm³/mol. The summed E-state index contributed by atoms with van der Waals surface area (Å²) in [5.74, 6) is -0.667. The highest BCUT2D eigenvalue weighted by Crippen LogP contribution is 2.18. The molecule has 100 valence electrons. The summed E-state index contributed by atoms with van der Waals surface area (Å²) in [6.07, 6.45) is 0.614. The summed E-state index contributed by atoms with van der Waals surface area (Å²) < 4.78 is 12.8. The molecule has 18 heavy (non-hydrogen) atoms. The second kappa shape index (κ2) is 6.93. The van der Waals surface area contributed by atoms with Crippen molar-refractivity contribution in [3.63, 3.8) is 0 Å². The van der Waals surface area contributed by atoms with Crippen LogP contribution < -0.4 is 11.1 Å². The van der Waals surface area contributed by atoms with Gasteiger partial charge in [0.2, 0.25) is 5.91 Å². The molecule has 0 aromatic heterocycles. The fourth-order valence-electron chi connectivity index (χ4n) is 1.50. The Bertz CT molecular complexity index is 412. The maximum absolute atomic E-state index is 12.8. The third-order valence-corrected chi connectivity index (χ3v) is 2.40. The molecule has 0 bridgehead atoms. The van der Waals surface area contributed by atoms with E-state index in [-0.39, 0.29) is 24.7 Å². The number of halogens is 1. The van der Waals surface area contributed by atoms with Crippen molar-refractivity contribution in [2.45, 2.75) is 6.42 Å². The van der Waals surface area contributed by atoms with Crippen molar-refractivity contribution in [3.8, 4) is 0 Å². The van der Waals surface area contributed by atoms with Crippen LogP contribution >= 0.6 is 0 Å². The summed E-state index contributed by atoms with van der Waals surface area (Å²) in [5.41, 5.74) is 6.17. The zero-order chi connectivity index (χ0) is 13.5. The van der Waals surface area contributed by atoms with Gasteiger partial charge >= 0.3 is 0 Å². The molecule has 0 aliphatic rings. The smallest absolute Gasteiger partial charge is 0.238 e. The molecule has 0 fully saturated rings. The van der Waals surface area contributed by atoms with Gasteiger partial charge in [-0.25, -0.2) is 4.39 Å². The average Bonchev–Trinajstić information content (AvgIpc) is 2.30. The van der Waals surface area contributed by atoms with Crippen molar-refractivity contribution in [3.05, 3.63) is 24.0 Å². The summed E-state index contributed by atoms with van der Waals surface area (Å²) >= 11 is 0. The molecule has 0 saturated carbocycles. The molecule has 1 rings (SSSR count). The zero-order valence-corrected chi connectivity index (χ0v) is 10.3. The first-order valence-corrected chi connectivity index (χ1v) is 5.67. The van der Waals surface area contributed by atoms with E-state index < -0.39 is 5.82 Å². The van der Waals surface area contributed by atoms with Gasteiger partial charge in [0.25, 0.3) is 0 Å². The lowest BCUT2D eigenvalue weighted by atomic mass is 10.2. The molecule has 0 spiro atoms. The number of carbonyl (C=O) groups excluding carboxylic acids is 1. The minimum absolute atomic E-state index is 0.0941. The highest BCUT2D eigenvalue weighted by atomic mass is 19.1. The van der Waals surface area contributed by atoms with Crippen molar-refractivity contribution in [2.24, 2.45) is 0 Å². The normalized spacial score (nSPS) is 10.7. The van der Waals surface area contributed by atoms with Gasteiger partial charge in [-0.15, -0.1) is 0 Å². The molecule has 4 N–H and O–H groups in total. The summed E-state index contributed by atoms with van der Waals surface area (Å²) in [6.45, 7) is 0.913. The summed E-state index contributed by atoms with van der Waals surface area (Å²) in [5, 5.41) is 11.3. The van der Waals surface area contributed by atoms with Crippen LogP contribution in [0.25, 0.3) is 0 Å². The predicted octanol–water partition coefficient (Wildman–Crippen LogP) is 0.661. The van der Waals surface area contributed by atoms with Crippen LogP contribution in [-0.2, 0) is 4.79 Å². The maximum Gasteiger partial charge on any atom is 0.238 e. The first kappa shape index (κ1) is 14.4. The summed E-state index contributed by atoms with van der Waals surface area (Å²) in [7, 11) is 1.78. The largest absolute Gasteiger partial charge is 0.397 e. The maximum atomic E-state index is 12.8. The van der Waals surface area contributed by atoms with Crippen LogP contribution in [0, 0.1) is 5.82 Å². The topological polar surface area (TPSA) is 78.6 Å². The number of aliphatic hydroxyl groups excluding tert-OH is 1. The number of aliphatic hydroxyl groups is 1. The molecule has 5 nitrogen and oxygen atoms in total. The van der Waals surface area contributed by atoms with Crippen molar-refractivity contribution >= 4 is 17.3 Å². The minimum atomic E-state index is -0.439. The van der Waals surface area contributed by atoms with Crippen molar-refractivity contribution in [2.75, 3.05) is 37.8 Å². The van der Waals surface area contributed by atoms with Gasteiger partial charge in [0, 0.05) is 13.2 Å². The molecule has 0 aliphatic carbocycles. The zero-order valence-electron chi connectivity index (χ0n) is 10.3. The number of nitrogen functional groups attached to an aromatic ring is 1. The average molecular weight is 255 g/mol. The first-order chi connectivity index (χ1) is 8.52. The van der Waals surface area contributed by atoms with Gasteiger partial charge in [-0.05, 0) is 31.7 Å². The van der Waals surface area contributed by atoms with Gasteiger partial charge in [-0.2, -0.15) is 0 Å². The van der Waals surface area contributed by atoms with Gasteiger partial charge in [0.05, 0.1) is 17.9 Å². The van der Waals surface area contributed by atoms with Crippen LogP contribution in [0.1, 0.15) is 6.42 Å². The lowest BCUT2D eigenvalue weighted by molar-refractivity contribution is -0.117. The number of nitrogens with one attached hydrogen (secondary N) is 1. The summed E-state index contributed by atoms with van der Waals surface area (Å²) in [6, 6.07) is 3.82. The fourth-order valence-corrected chi connectivity index (χ4v) is 1.50. The van der Waals surface area contributed by atoms with E-state index in [4.69, 9.17) is 10.8 Å². The Morgan fingerprint density at radius 2 is 2.28 bits per heavy atom. The van der Waals surface area contributed by atoms with Gasteiger partial charge in [0.1, 0.15) is 5.82 Å². The molecule has 0 heterocycles. The van der Waals surface area contributed by atoms with E-state index in [2.05, 4.69) is 5.32 Å². The Morgan fingerprint density at radius 3 is 2.89 bits per heavy atom. The number of likely N-dealkylation sites (N-methyl/N-ethyl adjacent to an activating group) is 1. The van der Waals surface area contributed by atoms with E-state index in [0.717, 1.165) is 6.07 Å². The third-order valence-electron chi connectivity index (χ3n) is 2.40. The van der Waals surface area contributed by atoms with E-state index in [1.165, 1.54) is 12.1 Å². The molecular weight excluding hydrogens is 237 g/mol. The van der Waals surface area contributed by atoms with E-state index in [1.54, 1.807) is 11.9 Å². The van der Waals surface area contributed by atoms with E-state index in [0.29, 0.717) is 18.7 Å². The van der Waals surface area contributed by atoms with Crippen LogP contribution in [0.5, 0.6) is 0 Å². The van der Waals surface area contributed by atoms with Gasteiger partial charge < -0.3 is 16.2 Å². The Labute approximate surface area is 105 Å². The minimum Gasteiger partial charge on any atom is -0.397 e. The molecule has 0 saturated heterocycles. The third kappa shape index (κ3) is 4.68. The number of rotatable bonds is 6. The van der Waals surface area contributed by atoms with Gasteiger partial charge in [-0.3, -0.25) is 9.69 Å². The SMILES string of the molecule is CN(CCCO)CC(=O)Nc1ccc(F)cc1N. The Balaban J connectivity index is 2.49. The lowest BCUT2D eigenvalue weighted by Crippen LogP contribution is -2.31. The quantitative estimate of drug-likeness (QED) is 0.652. The van der Waals surface area contributed by atoms with Crippen molar-refractivity contribution in [1.82, 2.24) is 4.90 Å². The lowest BCUT2D eigenvalue weighted by Gasteiger charge is -2.16. The summed E-state index contributed by atoms with van der Waals surface area (Å²) in [4.78, 5) is 13.4. The van der Waals surface area contributed by atoms with Crippen LogP contribution in [-0.4, -0.2) is 42.7 Å². The second-order valence-corrected chi connectivity index (χ2v) is 4.09. The van der Waals surface area contributed by atoms with Crippen molar-refractivity contribution < 1.29 is 14.3 Å². The van der Waals surface area contributed by atoms with E-state index in [9.17, 15) is 9.18 Å². The molecule has 1 aromatic rings. The van der Waals surface area contributed by atoms with Crippen LogP contribution in [0.2, 0.25) is 0 Å². The van der Waals surface area contributed by atoms with Gasteiger partial charge in [-0.1, -0.05) is 0 Å². The number of hydrogen-bond donors (Lipinski definition) is 3. The number of benzene rings is 1. The molecule has 0 unspecified atom stereocenters. The number of nitrogens with zero attached hydrogens (tertiary/aromatic N) is 1. The van der Waals surface area contributed by atoms with Crippen molar-refractivity contribution in [1.29, 1.82) is 0 Å². The molecule has 0 radical (unpaired) electrons. The number of hydrogen-bond acceptors (Lipinski definition) is 4. The van der Waals surface area contributed by atoms with Gasteiger partial charge in [0.15, 0.2) is 0 Å². The molecular formula is C12H18FN3O2. The number of amides is 1. The fraction of sp³-hybridized carbons (Fsp3) is 0.417. The highest BCUT2D eigenvalue weighted by Gasteiger charge is 2.08. The molecule has 0 atom stereocenters. The second-order valence-electron chi connectivity index (χ2n) is 4.09. The van der Waals surface area contributed by atoms with E-state index in [1.807, 2.05) is 0 Å². The monoisotopic (exact) mass is 255 g/mol. The molecule has 1 aromatic carbocycles. The molecule has 0 aliphatic heterocycles. The Hall–Kier alpha value is -1.66. The first-order valence-electron chi connectivity index (χ1n) is 5.67. The highest BCUT2D eigenvalue weighted by molar-refractivity contribution is 5.95. The number of anilines is 2. The number of carbonyl (C=O) groups is 1.